The van der Waals surface area contributed by atoms with E-state index in [2.05, 4.69) is 15.0 Å². The second-order valence-electron chi connectivity index (χ2n) is 6.15. The lowest BCUT2D eigenvalue weighted by atomic mass is 10.2. The molecule has 156 valence electrons. The average molecular weight is 449 g/mol. The lowest BCUT2D eigenvalue weighted by Gasteiger charge is -2.19. The van der Waals surface area contributed by atoms with Gasteiger partial charge in [0, 0.05) is 12.2 Å². The molecule has 2 aromatic heterocycles. The summed E-state index contributed by atoms with van der Waals surface area (Å²) in [5.74, 6) is 0.640. The fraction of sp³-hybridized carbons (Fsp3) is 0.667. The Morgan fingerprint density at radius 2 is 2.21 bits per heavy atom. The second-order valence-corrected chi connectivity index (χ2v) is 10.1. The van der Waals surface area contributed by atoms with Crippen LogP contribution in [0, 0.1) is 4.64 Å². The Morgan fingerprint density at radius 3 is 2.89 bits per heavy atom. The van der Waals surface area contributed by atoms with Crippen molar-refractivity contribution in [2.45, 2.75) is 38.7 Å². The van der Waals surface area contributed by atoms with Gasteiger partial charge in [0.1, 0.15) is 17.4 Å². The van der Waals surface area contributed by atoms with Gasteiger partial charge in [0.25, 0.3) is 0 Å². The van der Waals surface area contributed by atoms with Crippen LogP contribution in [0.2, 0.25) is 0 Å². The molecule has 0 saturated carbocycles. The number of aromatic amines is 1. The Bertz CT molecular complexity index is 912. The summed E-state index contributed by atoms with van der Waals surface area (Å²) in [6.07, 6.45) is 0.447. The highest BCUT2D eigenvalue weighted by molar-refractivity contribution is 8.04. The number of H-pyrrole nitrogens is 1. The van der Waals surface area contributed by atoms with Gasteiger partial charge >= 0.3 is 7.60 Å². The number of nitrogens with two attached hydrogens (primary N) is 1. The molecule has 4 N–H and O–H groups in total. The Hall–Kier alpha value is -1.01. The molecule has 0 unspecified atom stereocenters. The van der Waals surface area contributed by atoms with E-state index in [4.69, 9.17) is 31.7 Å². The minimum Gasteiger partial charge on any atom is -0.390 e. The van der Waals surface area contributed by atoms with E-state index in [9.17, 15) is 9.67 Å². The zero-order valence-electron chi connectivity index (χ0n) is 15.6. The third-order valence-electron chi connectivity index (χ3n) is 4.16. The van der Waals surface area contributed by atoms with Gasteiger partial charge in [-0.15, -0.1) is 11.8 Å². The number of hydrogen-bond acceptors (Lipinski definition) is 10. The zero-order valence-corrected chi connectivity index (χ0v) is 18.1. The van der Waals surface area contributed by atoms with Crippen LogP contribution in [0.3, 0.4) is 0 Å². The molecule has 3 atom stereocenters. The van der Waals surface area contributed by atoms with Gasteiger partial charge in [-0.3, -0.25) is 9.13 Å². The summed E-state index contributed by atoms with van der Waals surface area (Å²) < 4.78 is 31.1. The number of nitrogens with zero attached hydrogens (tertiary/aromatic N) is 3. The number of aliphatic hydroxyl groups excluding tert-OH is 1. The van der Waals surface area contributed by atoms with Gasteiger partial charge in [0.05, 0.1) is 37.2 Å². The number of nitrogens with one attached hydrogen (secondary N) is 1. The molecule has 0 amide bonds. The molecule has 0 radical (unpaired) electrons. The number of fused-ring (bicyclic) bond motifs is 1. The molecule has 0 bridgehead atoms. The maximum absolute atomic E-state index is 12.5. The maximum atomic E-state index is 12.5. The molecule has 0 aliphatic carbocycles. The highest BCUT2D eigenvalue weighted by atomic mass is 32.2. The average Bonchev–Trinajstić information content (AvgIpc) is 3.19. The number of aromatic nitrogens is 4. The molecule has 2 aromatic rings. The predicted octanol–water partition coefficient (Wildman–Crippen LogP) is 2.68. The highest BCUT2D eigenvalue weighted by Gasteiger charge is 2.36. The lowest BCUT2D eigenvalue weighted by Crippen LogP contribution is -2.23. The Kier molecular flexibility index (Phi) is 7.13. The van der Waals surface area contributed by atoms with Gasteiger partial charge in [-0.1, -0.05) is 12.2 Å². The van der Waals surface area contributed by atoms with Crippen molar-refractivity contribution >= 4 is 48.7 Å². The van der Waals surface area contributed by atoms with Crippen LogP contribution in [-0.2, 0) is 18.3 Å². The van der Waals surface area contributed by atoms with E-state index in [-0.39, 0.29) is 11.4 Å². The summed E-state index contributed by atoms with van der Waals surface area (Å²) in [6.45, 7) is 4.17. The van der Waals surface area contributed by atoms with Gasteiger partial charge < -0.3 is 29.6 Å². The number of rotatable bonds is 9. The summed E-state index contributed by atoms with van der Waals surface area (Å²) in [5.41, 5.74) is 7.07. The van der Waals surface area contributed by atoms with E-state index in [0.29, 0.717) is 41.2 Å². The van der Waals surface area contributed by atoms with E-state index >= 15 is 0 Å². The summed E-state index contributed by atoms with van der Waals surface area (Å²) in [7, 11) is -3.13. The summed E-state index contributed by atoms with van der Waals surface area (Å²) in [4.78, 5) is 11.2. The predicted molar refractivity (Wildman–Crippen MR) is 110 cm³/mol. The minimum atomic E-state index is -3.13. The molecule has 1 aliphatic heterocycles. The number of imidazole rings is 1. The van der Waals surface area contributed by atoms with Crippen molar-refractivity contribution in [1.29, 1.82) is 0 Å². The topological polar surface area (TPSA) is 138 Å². The molecule has 0 spiro atoms. The van der Waals surface area contributed by atoms with Crippen LogP contribution in [0.15, 0.2) is 6.33 Å². The number of aliphatic hydroxyl groups is 1. The summed E-state index contributed by atoms with van der Waals surface area (Å²) in [6, 6.07) is 0. The molecule has 0 aromatic carbocycles. The minimum absolute atomic E-state index is 0.188. The van der Waals surface area contributed by atoms with Crippen LogP contribution < -0.4 is 5.73 Å². The van der Waals surface area contributed by atoms with Crippen molar-refractivity contribution in [1.82, 2.24) is 19.5 Å². The van der Waals surface area contributed by atoms with Crippen LogP contribution in [0.4, 0.5) is 5.95 Å². The Balaban J connectivity index is 1.65. The molecule has 3 rings (SSSR count). The molecule has 1 aliphatic rings. The largest absolute Gasteiger partial charge is 0.390 e. The van der Waals surface area contributed by atoms with Crippen molar-refractivity contribution in [3.63, 3.8) is 0 Å². The van der Waals surface area contributed by atoms with E-state index in [1.54, 1.807) is 24.7 Å². The number of thioether (sulfide) groups is 1. The van der Waals surface area contributed by atoms with E-state index in [0.717, 1.165) is 0 Å². The van der Waals surface area contributed by atoms with Crippen LogP contribution in [0.25, 0.3) is 11.2 Å². The van der Waals surface area contributed by atoms with Crippen molar-refractivity contribution in [3.05, 3.63) is 11.0 Å². The van der Waals surface area contributed by atoms with E-state index in [1.807, 2.05) is 0 Å². The van der Waals surface area contributed by atoms with E-state index in [1.165, 1.54) is 11.8 Å². The van der Waals surface area contributed by atoms with Crippen molar-refractivity contribution in [3.8, 4) is 0 Å². The van der Waals surface area contributed by atoms with Crippen LogP contribution in [0.1, 0.15) is 26.5 Å². The monoisotopic (exact) mass is 449 g/mol. The molecule has 28 heavy (non-hydrogen) atoms. The lowest BCUT2D eigenvalue weighted by molar-refractivity contribution is -0.00369. The first kappa shape index (κ1) is 21.7. The highest BCUT2D eigenvalue weighted by Crippen LogP contribution is 2.51. The quantitative estimate of drug-likeness (QED) is 0.387. The third-order valence-corrected chi connectivity index (χ3v) is 8.31. The maximum Gasteiger partial charge on any atom is 0.340 e. The van der Waals surface area contributed by atoms with Gasteiger partial charge in [0.2, 0.25) is 0 Å². The summed E-state index contributed by atoms with van der Waals surface area (Å²) in [5, 5.41) is 10.4. The fourth-order valence-corrected chi connectivity index (χ4v) is 6.55. The molecular formula is C15H24N5O5PS2. The molecule has 1 fully saturated rings. The molecular weight excluding hydrogens is 425 g/mol. The van der Waals surface area contributed by atoms with Gasteiger partial charge in [-0.25, -0.2) is 9.97 Å². The molecule has 3 heterocycles. The van der Waals surface area contributed by atoms with Crippen LogP contribution in [0.5, 0.6) is 0 Å². The molecule has 13 heteroatoms. The van der Waals surface area contributed by atoms with Crippen molar-refractivity contribution in [2.24, 2.45) is 0 Å². The number of nitrogen functional groups attached to an aromatic ring is 1. The molecule has 10 nitrogen and oxygen atoms in total. The third kappa shape index (κ3) is 4.76. The zero-order chi connectivity index (χ0) is 20.3. The molecule has 1 saturated heterocycles. The van der Waals surface area contributed by atoms with Crippen LogP contribution >= 0.6 is 31.6 Å². The standard InChI is InChI=1S/C15H24N5O5PS2/c1-3-23-26(22,24-4-2)8-28-6-10-9(21)5-11(25-10)20-7-17-12-13(20)18-15(16)19-14(12)27/h7,9-11,21H,3-6,8H2,1-2H3,(H3,16,18,19,27)/t9-,10+,11+/m0/s1. The first-order chi connectivity index (χ1) is 13.4. The fourth-order valence-electron chi connectivity index (χ4n) is 2.99. The first-order valence-corrected chi connectivity index (χ1v) is 12.2. The van der Waals surface area contributed by atoms with Crippen molar-refractivity contribution in [2.75, 3.05) is 30.2 Å². The Labute approximate surface area is 171 Å². The van der Waals surface area contributed by atoms with Gasteiger partial charge in [-0.2, -0.15) is 0 Å². The van der Waals surface area contributed by atoms with E-state index < -0.39 is 26.0 Å². The normalized spacial score (nSPS) is 22.9. The number of ether oxygens (including phenoxy) is 1. The summed E-state index contributed by atoms with van der Waals surface area (Å²) >= 11 is 6.55. The smallest absolute Gasteiger partial charge is 0.340 e. The first-order valence-electron chi connectivity index (χ1n) is 8.88. The second kappa shape index (κ2) is 9.21. The number of hydrogen-bond donors (Lipinski definition) is 3. The Morgan fingerprint density at radius 1 is 1.50 bits per heavy atom. The van der Waals surface area contributed by atoms with Gasteiger partial charge in [-0.05, 0) is 13.8 Å². The SMILES string of the molecule is CCOP(=O)(CSC[C@H]1O[C@@H](n2cnc3c(=S)nc(N)[nH]c32)C[C@@H]1O)OCC. The van der Waals surface area contributed by atoms with Crippen LogP contribution in [-0.4, -0.2) is 61.3 Å². The van der Waals surface area contributed by atoms with Crippen molar-refractivity contribution < 1.29 is 23.5 Å². The van der Waals surface area contributed by atoms with Gasteiger partial charge in [0.15, 0.2) is 10.6 Å². The number of anilines is 1.